The van der Waals surface area contributed by atoms with E-state index in [-0.39, 0.29) is 0 Å². The van der Waals surface area contributed by atoms with E-state index < -0.39 is 0 Å². The fourth-order valence-electron chi connectivity index (χ4n) is 1.96. The summed E-state index contributed by atoms with van der Waals surface area (Å²) >= 11 is 0. The number of hydrogen-bond acceptors (Lipinski definition) is 4. The van der Waals surface area contributed by atoms with Crippen molar-refractivity contribution >= 4 is 0 Å². The summed E-state index contributed by atoms with van der Waals surface area (Å²) in [5.41, 5.74) is 1.75. The van der Waals surface area contributed by atoms with Crippen LogP contribution in [0.4, 0.5) is 0 Å². The van der Waals surface area contributed by atoms with Crippen LogP contribution in [0, 0.1) is 18.3 Å². The van der Waals surface area contributed by atoms with Gasteiger partial charge in [-0.05, 0) is 25.6 Å². The largest absolute Gasteiger partial charge is 0.492 e. The van der Waals surface area contributed by atoms with Gasteiger partial charge in [0.2, 0.25) is 0 Å². The molecule has 1 aromatic heterocycles. The highest BCUT2D eigenvalue weighted by Gasteiger charge is 2.02. The molecule has 21 heavy (non-hydrogen) atoms. The van der Waals surface area contributed by atoms with E-state index in [2.05, 4.69) is 23.1 Å². The molecular formula is C16H20N4O. The first-order chi connectivity index (χ1) is 10.2. The Kier molecular flexibility index (Phi) is 5.35. The van der Waals surface area contributed by atoms with E-state index in [1.165, 1.54) is 0 Å². The van der Waals surface area contributed by atoms with Crippen molar-refractivity contribution in [3.8, 4) is 11.8 Å². The van der Waals surface area contributed by atoms with Gasteiger partial charge in [-0.25, -0.2) is 0 Å². The van der Waals surface area contributed by atoms with Gasteiger partial charge in [-0.2, -0.15) is 10.4 Å². The zero-order chi connectivity index (χ0) is 15.1. The van der Waals surface area contributed by atoms with Crippen molar-refractivity contribution in [3.63, 3.8) is 0 Å². The Morgan fingerprint density at radius 3 is 2.86 bits per heavy atom. The molecule has 0 aliphatic heterocycles. The number of ether oxygens (including phenoxy) is 1. The van der Waals surface area contributed by atoms with Crippen LogP contribution in [0.25, 0.3) is 0 Å². The van der Waals surface area contributed by atoms with Gasteiger partial charge < -0.3 is 9.64 Å². The molecule has 0 bridgehead atoms. The molecular weight excluding hydrogens is 264 g/mol. The summed E-state index contributed by atoms with van der Waals surface area (Å²) in [4.78, 5) is 2.19. The number of para-hydroxylation sites is 1. The van der Waals surface area contributed by atoms with Gasteiger partial charge in [0.1, 0.15) is 18.4 Å². The zero-order valence-corrected chi connectivity index (χ0v) is 12.5. The van der Waals surface area contributed by atoms with Crippen LogP contribution in [0.1, 0.15) is 11.1 Å². The summed E-state index contributed by atoms with van der Waals surface area (Å²) < 4.78 is 7.56. The van der Waals surface area contributed by atoms with Crippen molar-refractivity contribution in [1.82, 2.24) is 14.7 Å². The molecule has 0 aliphatic rings. The van der Waals surface area contributed by atoms with Gasteiger partial charge >= 0.3 is 0 Å². The minimum absolute atomic E-state index is 0.598. The van der Waals surface area contributed by atoms with Crippen molar-refractivity contribution in [2.24, 2.45) is 0 Å². The summed E-state index contributed by atoms with van der Waals surface area (Å²) in [6.07, 6.45) is 3.35. The van der Waals surface area contributed by atoms with Gasteiger partial charge in [-0.1, -0.05) is 18.2 Å². The SMILES string of the molecule is Cc1ccccc1OCCN(C)CCn1cc(C#N)cn1. The molecule has 2 rings (SSSR count). The van der Waals surface area contributed by atoms with Gasteiger partial charge in [0.05, 0.1) is 18.3 Å². The fourth-order valence-corrected chi connectivity index (χ4v) is 1.96. The average Bonchev–Trinajstić information content (AvgIpc) is 2.95. The zero-order valence-electron chi connectivity index (χ0n) is 12.5. The van der Waals surface area contributed by atoms with Crippen LogP contribution < -0.4 is 4.74 Å². The Balaban J connectivity index is 1.69. The van der Waals surface area contributed by atoms with Crippen LogP contribution >= 0.6 is 0 Å². The van der Waals surface area contributed by atoms with Crippen LogP contribution in [-0.4, -0.2) is 41.4 Å². The quantitative estimate of drug-likeness (QED) is 0.781. The molecule has 1 heterocycles. The molecule has 0 spiro atoms. The monoisotopic (exact) mass is 284 g/mol. The van der Waals surface area contributed by atoms with E-state index in [4.69, 9.17) is 10.00 Å². The summed E-state index contributed by atoms with van der Waals surface area (Å²) in [6, 6.07) is 10.1. The maximum Gasteiger partial charge on any atom is 0.122 e. The van der Waals surface area contributed by atoms with Crippen LogP contribution in [-0.2, 0) is 6.54 Å². The van der Waals surface area contributed by atoms with E-state index >= 15 is 0 Å². The number of aryl methyl sites for hydroxylation is 1. The molecule has 0 amide bonds. The molecule has 110 valence electrons. The third kappa shape index (κ3) is 4.62. The average molecular weight is 284 g/mol. The Labute approximate surface area is 125 Å². The van der Waals surface area contributed by atoms with E-state index in [9.17, 15) is 0 Å². The van der Waals surface area contributed by atoms with Crippen LogP contribution in [0.2, 0.25) is 0 Å². The normalized spacial score (nSPS) is 10.6. The van der Waals surface area contributed by atoms with E-state index in [1.807, 2.05) is 31.2 Å². The van der Waals surface area contributed by atoms with E-state index in [0.29, 0.717) is 12.2 Å². The molecule has 5 nitrogen and oxygen atoms in total. The second-order valence-electron chi connectivity index (χ2n) is 5.02. The molecule has 0 fully saturated rings. The summed E-state index contributed by atoms with van der Waals surface area (Å²) in [6.45, 7) is 5.18. The minimum Gasteiger partial charge on any atom is -0.492 e. The molecule has 0 atom stereocenters. The van der Waals surface area contributed by atoms with E-state index in [0.717, 1.165) is 30.9 Å². The van der Waals surface area contributed by atoms with Gasteiger partial charge in [0, 0.05) is 19.3 Å². The standard InChI is InChI=1S/C16H20N4O/c1-14-5-3-4-6-16(14)21-10-9-19(2)7-8-20-13-15(11-17)12-18-20/h3-6,12-13H,7-10H2,1-2H3. The van der Waals surface area contributed by atoms with Gasteiger partial charge in [-0.3, -0.25) is 4.68 Å². The lowest BCUT2D eigenvalue weighted by molar-refractivity contribution is 0.229. The van der Waals surface area contributed by atoms with Gasteiger partial charge in [0.15, 0.2) is 0 Å². The molecule has 0 unspecified atom stereocenters. The fraction of sp³-hybridized carbons (Fsp3) is 0.375. The Bertz CT molecular complexity index is 615. The molecule has 0 saturated carbocycles. The number of likely N-dealkylation sites (N-methyl/N-ethyl adjacent to an activating group) is 1. The third-order valence-corrected chi connectivity index (χ3v) is 3.30. The molecule has 0 saturated heterocycles. The van der Waals surface area contributed by atoms with Crippen LogP contribution in [0.15, 0.2) is 36.7 Å². The number of benzene rings is 1. The number of nitrogens with zero attached hydrogens (tertiary/aromatic N) is 4. The highest BCUT2D eigenvalue weighted by Crippen LogP contribution is 2.15. The minimum atomic E-state index is 0.598. The summed E-state index contributed by atoms with van der Waals surface area (Å²) in [5, 5.41) is 12.9. The second-order valence-corrected chi connectivity index (χ2v) is 5.02. The number of aromatic nitrogens is 2. The molecule has 0 N–H and O–H groups in total. The third-order valence-electron chi connectivity index (χ3n) is 3.30. The first kappa shape index (κ1) is 15.1. The molecule has 0 radical (unpaired) electrons. The first-order valence-corrected chi connectivity index (χ1v) is 6.98. The predicted octanol–water partition coefficient (Wildman–Crippen LogP) is 2.07. The number of hydrogen-bond donors (Lipinski definition) is 0. The van der Waals surface area contributed by atoms with Crippen molar-refractivity contribution < 1.29 is 4.74 Å². The molecule has 1 aromatic carbocycles. The predicted molar refractivity (Wildman–Crippen MR) is 81.1 cm³/mol. The molecule has 2 aromatic rings. The number of nitriles is 1. The topological polar surface area (TPSA) is 54.1 Å². The highest BCUT2D eigenvalue weighted by atomic mass is 16.5. The van der Waals surface area contributed by atoms with Crippen LogP contribution in [0.3, 0.4) is 0 Å². The van der Waals surface area contributed by atoms with Crippen LogP contribution in [0.5, 0.6) is 5.75 Å². The van der Waals surface area contributed by atoms with Gasteiger partial charge in [-0.15, -0.1) is 0 Å². The van der Waals surface area contributed by atoms with Crippen molar-refractivity contribution in [1.29, 1.82) is 5.26 Å². The smallest absolute Gasteiger partial charge is 0.122 e. The molecule has 5 heteroatoms. The van der Waals surface area contributed by atoms with Crippen molar-refractivity contribution in [2.75, 3.05) is 26.7 Å². The Morgan fingerprint density at radius 1 is 1.33 bits per heavy atom. The van der Waals surface area contributed by atoms with Crippen molar-refractivity contribution in [2.45, 2.75) is 13.5 Å². The number of rotatable bonds is 7. The Hall–Kier alpha value is -2.32. The maximum atomic E-state index is 8.74. The van der Waals surface area contributed by atoms with E-state index in [1.54, 1.807) is 17.1 Å². The lowest BCUT2D eigenvalue weighted by Crippen LogP contribution is -2.28. The first-order valence-electron chi connectivity index (χ1n) is 6.98. The van der Waals surface area contributed by atoms with Crippen molar-refractivity contribution in [3.05, 3.63) is 47.8 Å². The maximum absolute atomic E-state index is 8.74. The summed E-state index contributed by atoms with van der Waals surface area (Å²) in [5.74, 6) is 0.941. The van der Waals surface area contributed by atoms with Gasteiger partial charge in [0.25, 0.3) is 0 Å². The summed E-state index contributed by atoms with van der Waals surface area (Å²) in [7, 11) is 2.05. The highest BCUT2D eigenvalue weighted by molar-refractivity contribution is 5.31. The lowest BCUT2D eigenvalue weighted by atomic mass is 10.2. The molecule has 0 aliphatic carbocycles. The lowest BCUT2D eigenvalue weighted by Gasteiger charge is -2.17. The second kappa shape index (κ2) is 7.46. The Morgan fingerprint density at radius 2 is 2.14 bits per heavy atom.